The van der Waals surface area contributed by atoms with Crippen molar-refractivity contribution < 1.29 is 4.79 Å². The molecule has 2 rings (SSSR count). The molecule has 1 fully saturated rings. The van der Waals surface area contributed by atoms with Crippen molar-refractivity contribution >= 4 is 28.8 Å². The van der Waals surface area contributed by atoms with Crippen molar-refractivity contribution in [2.45, 2.75) is 45.0 Å². The van der Waals surface area contributed by atoms with Crippen LogP contribution < -0.4 is 0 Å². The maximum Gasteiger partial charge on any atom is 0.240 e. The molecule has 118 valence electrons. The quantitative estimate of drug-likeness (QED) is 0.800. The van der Waals surface area contributed by atoms with Crippen molar-refractivity contribution in [2.24, 2.45) is 0 Å². The minimum atomic E-state index is -0.426. The summed E-state index contributed by atoms with van der Waals surface area (Å²) in [6.45, 7) is 12.5. The third-order valence-electron chi connectivity index (χ3n) is 3.70. The predicted molar refractivity (Wildman–Crippen MR) is 88.0 cm³/mol. The molecule has 0 radical (unpaired) electrons. The van der Waals surface area contributed by atoms with E-state index < -0.39 is 5.38 Å². The number of rotatable bonds is 3. The van der Waals surface area contributed by atoms with Crippen molar-refractivity contribution in [1.82, 2.24) is 14.8 Å². The van der Waals surface area contributed by atoms with E-state index in [1.54, 1.807) is 18.3 Å². The standard InChI is InChI=1S/C15H24ClN3OS/c1-11(16)14(20)19-7-5-18(6-8-19)9-13-17-12(10-21-13)15(2,3)4/h10-11H,5-9H2,1-4H3. The van der Waals surface area contributed by atoms with E-state index in [1.165, 1.54) is 0 Å². The van der Waals surface area contributed by atoms with Crippen molar-refractivity contribution in [3.05, 3.63) is 16.1 Å². The SMILES string of the molecule is CC(Cl)C(=O)N1CCN(Cc2nc(C(C)(C)C)cs2)CC1. The zero-order chi connectivity index (χ0) is 15.6. The monoisotopic (exact) mass is 329 g/mol. The third-order valence-corrected chi connectivity index (χ3v) is 4.72. The molecule has 0 saturated carbocycles. The molecule has 1 aromatic heterocycles. The van der Waals surface area contributed by atoms with Crippen LogP contribution in [0.15, 0.2) is 5.38 Å². The molecule has 1 saturated heterocycles. The van der Waals surface area contributed by atoms with Crippen molar-refractivity contribution in [2.75, 3.05) is 26.2 Å². The highest BCUT2D eigenvalue weighted by Crippen LogP contribution is 2.24. The minimum absolute atomic E-state index is 0.0422. The van der Waals surface area contributed by atoms with E-state index in [-0.39, 0.29) is 11.3 Å². The van der Waals surface area contributed by atoms with Gasteiger partial charge in [0, 0.05) is 37.0 Å². The van der Waals surface area contributed by atoms with Crippen LogP contribution in [-0.2, 0) is 16.8 Å². The Morgan fingerprint density at radius 3 is 2.48 bits per heavy atom. The van der Waals surface area contributed by atoms with Gasteiger partial charge in [0.15, 0.2) is 0 Å². The zero-order valence-corrected chi connectivity index (χ0v) is 14.8. The van der Waals surface area contributed by atoms with Crippen molar-refractivity contribution in [3.63, 3.8) is 0 Å². The summed E-state index contributed by atoms with van der Waals surface area (Å²) in [5, 5.41) is 2.89. The lowest BCUT2D eigenvalue weighted by atomic mass is 9.93. The van der Waals surface area contributed by atoms with Gasteiger partial charge in [0.25, 0.3) is 0 Å². The maximum absolute atomic E-state index is 11.8. The Kier molecular flexibility index (Phi) is 5.28. The van der Waals surface area contributed by atoms with Crippen LogP contribution in [0.1, 0.15) is 38.4 Å². The summed E-state index contributed by atoms with van der Waals surface area (Å²) in [6.07, 6.45) is 0. The molecule has 0 bridgehead atoms. The van der Waals surface area contributed by atoms with Gasteiger partial charge in [-0.1, -0.05) is 20.8 Å². The zero-order valence-electron chi connectivity index (χ0n) is 13.2. The Morgan fingerprint density at radius 1 is 1.38 bits per heavy atom. The van der Waals surface area contributed by atoms with Gasteiger partial charge in [-0.05, 0) is 6.92 Å². The Balaban J connectivity index is 1.86. The number of thiazole rings is 1. The summed E-state index contributed by atoms with van der Waals surface area (Å²) < 4.78 is 0. The molecule has 1 aliphatic rings. The van der Waals surface area contributed by atoms with Gasteiger partial charge in [-0.15, -0.1) is 22.9 Å². The molecule has 2 heterocycles. The first-order valence-corrected chi connectivity index (χ1v) is 8.69. The molecule has 0 N–H and O–H groups in total. The Morgan fingerprint density at radius 2 is 2.00 bits per heavy atom. The molecule has 1 aliphatic heterocycles. The molecule has 6 heteroatoms. The smallest absolute Gasteiger partial charge is 0.240 e. The number of carbonyl (C=O) groups is 1. The number of piperazine rings is 1. The predicted octanol–water partition coefficient (Wildman–Crippen LogP) is 2.71. The van der Waals surface area contributed by atoms with Gasteiger partial charge < -0.3 is 4.90 Å². The van der Waals surface area contributed by atoms with Gasteiger partial charge in [0.05, 0.1) is 12.2 Å². The topological polar surface area (TPSA) is 36.4 Å². The largest absolute Gasteiger partial charge is 0.339 e. The average molecular weight is 330 g/mol. The van der Waals surface area contributed by atoms with E-state index in [2.05, 4.69) is 31.1 Å². The minimum Gasteiger partial charge on any atom is -0.339 e. The van der Waals surface area contributed by atoms with E-state index in [0.29, 0.717) is 0 Å². The van der Waals surface area contributed by atoms with Crippen molar-refractivity contribution in [1.29, 1.82) is 0 Å². The first-order chi connectivity index (χ1) is 9.77. The molecule has 1 unspecified atom stereocenters. The van der Waals surface area contributed by atoms with Crippen LogP contribution in [0, 0.1) is 0 Å². The normalized spacial score (nSPS) is 18.8. The van der Waals surface area contributed by atoms with E-state index >= 15 is 0 Å². The van der Waals surface area contributed by atoms with Gasteiger partial charge in [-0.3, -0.25) is 9.69 Å². The fraction of sp³-hybridized carbons (Fsp3) is 0.733. The van der Waals surface area contributed by atoms with Crippen LogP contribution in [0.3, 0.4) is 0 Å². The number of aromatic nitrogens is 1. The molecule has 0 aromatic carbocycles. The fourth-order valence-corrected chi connectivity index (χ4v) is 3.50. The van der Waals surface area contributed by atoms with Gasteiger partial charge in [-0.2, -0.15) is 0 Å². The number of halogens is 1. The molecule has 0 spiro atoms. The van der Waals surface area contributed by atoms with Crippen LogP contribution in [0.5, 0.6) is 0 Å². The molecule has 4 nitrogen and oxygen atoms in total. The number of alkyl halides is 1. The Bertz CT molecular complexity index is 487. The number of amides is 1. The second-order valence-corrected chi connectivity index (χ2v) is 8.19. The van der Waals surface area contributed by atoms with Crippen molar-refractivity contribution in [3.8, 4) is 0 Å². The lowest BCUT2D eigenvalue weighted by Gasteiger charge is -2.34. The summed E-state index contributed by atoms with van der Waals surface area (Å²) in [6, 6.07) is 0. The Hall–Kier alpha value is -0.650. The average Bonchev–Trinajstić information content (AvgIpc) is 2.87. The summed E-state index contributed by atoms with van der Waals surface area (Å²) in [5.74, 6) is 0.0422. The summed E-state index contributed by atoms with van der Waals surface area (Å²) >= 11 is 7.59. The number of carbonyl (C=O) groups excluding carboxylic acids is 1. The number of hydrogen-bond acceptors (Lipinski definition) is 4. The van der Waals surface area contributed by atoms with Crippen LogP contribution in [0.2, 0.25) is 0 Å². The second-order valence-electron chi connectivity index (χ2n) is 6.59. The molecule has 1 atom stereocenters. The first-order valence-electron chi connectivity index (χ1n) is 7.37. The van der Waals surface area contributed by atoms with Gasteiger partial charge in [0.1, 0.15) is 10.4 Å². The van der Waals surface area contributed by atoms with E-state index in [9.17, 15) is 4.79 Å². The second kappa shape index (κ2) is 6.63. The van der Waals surface area contributed by atoms with Crippen LogP contribution >= 0.6 is 22.9 Å². The molecular weight excluding hydrogens is 306 g/mol. The van der Waals surface area contributed by atoms with Gasteiger partial charge >= 0.3 is 0 Å². The first kappa shape index (κ1) is 16.7. The summed E-state index contributed by atoms with van der Waals surface area (Å²) in [7, 11) is 0. The van der Waals surface area contributed by atoms with E-state index in [1.807, 2.05) is 4.90 Å². The Labute approximate surface area is 136 Å². The lowest BCUT2D eigenvalue weighted by Crippen LogP contribution is -2.49. The van der Waals surface area contributed by atoms with Gasteiger partial charge in [0.2, 0.25) is 5.91 Å². The molecule has 1 amide bonds. The van der Waals surface area contributed by atoms with Crippen LogP contribution in [0.25, 0.3) is 0 Å². The highest BCUT2D eigenvalue weighted by atomic mass is 35.5. The third kappa shape index (κ3) is 4.41. The molecule has 21 heavy (non-hydrogen) atoms. The molecular formula is C15H24ClN3OS. The van der Waals surface area contributed by atoms with Crippen LogP contribution in [0.4, 0.5) is 0 Å². The summed E-state index contributed by atoms with van der Waals surface area (Å²) in [5.41, 5.74) is 1.27. The molecule has 0 aliphatic carbocycles. The number of nitrogens with zero attached hydrogens (tertiary/aromatic N) is 3. The van der Waals surface area contributed by atoms with E-state index in [0.717, 1.165) is 43.4 Å². The highest BCUT2D eigenvalue weighted by Gasteiger charge is 2.24. The van der Waals surface area contributed by atoms with Gasteiger partial charge in [-0.25, -0.2) is 4.98 Å². The highest BCUT2D eigenvalue weighted by molar-refractivity contribution is 7.09. The molecule has 1 aromatic rings. The lowest BCUT2D eigenvalue weighted by molar-refractivity contribution is -0.132. The maximum atomic E-state index is 11.8. The van der Waals surface area contributed by atoms with E-state index in [4.69, 9.17) is 16.6 Å². The fourth-order valence-electron chi connectivity index (χ4n) is 2.30. The summed E-state index contributed by atoms with van der Waals surface area (Å²) in [4.78, 5) is 20.8. The number of hydrogen-bond donors (Lipinski definition) is 0. The van der Waals surface area contributed by atoms with Crippen LogP contribution in [-0.4, -0.2) is 52.2 Å².